The van der Waals surface area contributed by atoms with Crippen molar-refractivity contribution in [3.8, 4) is 0 Å². The lowest BCUT2D eigenvalue weighted by molar-refractivity contribution is 0.217. The number of halogens is 2. The molecule has 1 aliphatic carbocycles. The first-order chi connectivity index (χ1) is 7.37. The number of hydrogen-bond donors (Lipinski definition) is 0. The van der Waals surface area contributed by atoms with Crippen molar-refractivity contribution >= 4 is 10.1 Å². The molecule has 88 valence electrons. The first-order valence-corrected chi connectivity index (χ1v) is 6.54. The van der Waals surface area contributed by atoms with Gasteiger partial charge in [0.1, 0.15) is 6.10 Å². The van der Waals surface area contributed by atoms with E-state index in [1.165, 1.54) is 0 Å². The van der Waals surface area contributed by atoms with Crippen LogP contribution >= 0.6 is 0 Å². The second-order valence-corrected chi connectivity index (χ2v) is 5.39. The summed E-state index contributed by atoms with van der Waals surface area (Å²) < 4.78 is 52.6. The van der Waals surface area contributed by atoms with Crippen molar-refractivity contribution in [2.24, 2.45) is 0 Å². The van der Waals surface area contributed by atoms with Crippen LogP contribution in [0.1, 0.15) is 23.7 Å². The molecule has 0 fully saturated rings. The number of fused-ring (bicyclic) bond motifs is 1. The van der Waals surface area contributed by atoms with Gasteiger partial charge in [0.25, 0.3) is 10.1 Å². The van der Waals surface area contributed by atoms with Gasteiger partial charge in [0, 0.05) is 0 Å². The zero-order valence-electron chi connectivity index (χ0n) is 8.54. The highest BCUT2D eigenvalue weighted by Gasteiger charge is 2.28. The Bertz CT molecular complexity index is 525. The molecule has 0 spiro atoms. The van der Waals surface area contributed by atoms with Crippen LogP contribution in [0.25, 0.3) is 0 Å². The monoisotopic (exact) mass is 248 g/mol. The van der Waals surface area contributed by atoms with E-state index in [1.807, 2.05) is 0 Å². The Morgan fingerprint density at radius 1 is 1.31 bits per heavy atom. The molecule has 6 heteroatoms. The molecule has 0 aromatic heterocycles. The third-order valence-electron chi connectivity index (χ3n) is 2.50. The molecule has 1 aliphatic rings. The van der Waals surface area contributed by atoms with Gasteiger partial charge >= 0.3 is 0 Å². The zero-order chi connectivity index (χ0) is 11.9. The average Bonchev–Trinajstić information content (AvgIpc) is 2.47. The van der Waals surface area contributed by atoms with Crippen LogP contribution in [0, 0.1) is 11.6 Å². The maximum Gasteiger partial charge on any atom is 0.264 e. The Balaban J connectivity index is 2.36. The summed E-state index contributed by atoms with van der Waals surface area (Å²) in [5, 5.41) is 0. The van der Waals surface area contributed by atoms with Gasteiger partial charge in [0.2, 0.25) is 0 Å². The van der Waals surface area contributed by atoms with E-state index in [0.717, 1.165) is 18.4 Å². The molecule has 0 N–H and O–H groups in total. The molecule has 16 heavy (non-hydrogen) atoms. The van der Waals surface area contributed by atoms with E-state index >= 15 is 0 Å². The zero-order valence-corrected chi connectivity index (χ0v) is 9.35. The summed E-state index contributed by atoms with van der Waals surface area (Å²) in [4.78, 5) is 0. The molecule has 0 amide bonds. The first-order valence-electron chi connectivity index (χ1n) is 4.73. The van der Waals surface area contributed by atoms with Crippen LogP contribution in [0.3, 0.4) is 0 Å². The molecular weight excluding hydrogens is 238 g/mol. The van der Waals surface area contributed by atoms with Gasteiger partial charge in [-0.2, -0.15) is 8.42 Å². The van der Waals surface area contributed by atoms with E-state index < -0.39 is 27.9 Å². The highest BCUT2D eigenvalue weighted by molar-refractivity contribution is 7.86. The van der Waals surface area contributed by atoms with Crippen LogP contribution < -0.4 is 0 Å². The second-order valence-electron chi connectivity index (χ2n) is 3.79. The standard InChI is InChI=1S/C10H10F2O3S/c1-16(13,14)15-10-3-2-6-4-8(11)9(12)5-7(6)10/h4-5,10H,2-3H2,1H3. The maximum atomic E-state index is 13.0. The van der Waals surface area contributed by atoms with Gasteiger partial charge in [-0.3, -0.25) is 4.18 Å². The van der Waals surface area contributed by atoms with Crippen LogP contribution in [-0.2, 0) is 20.7 Å². The molecule has 3 nitrogen and oxygen atoms in total. The van der Waals surface area contributed by atoms with Gasteiger partial charge in [-0.15, -0.1) is 0 Å². The lowest BCUT2D eigenvalue weighted by Crippen LogP contribution is -2.08. The number of rotatable bonds is 2. The predicted molar refractivity (Wildman–Crippen MR) is 53.3 cm³/mol. The summed E-state index contributed by atoms with van der Waals surface area (Å²) >= 11 is 0. The summed E-state index contributed by atoms with van der Waals surface area (Å²) in [6, 6.07) is 2.10. The highest BCUT2D eigenvalue weighted by Crippen LogP contribution is 2.35. The minimum absolute atomic E-state index is 0.421. The molecule has 1 aromatic rings. The molecule has 1 aromatic carbocycles. The van der Waals surface area contributed by atoms with Gasteiger partial charge in [-0.1, -0.05) is 0 Å². The Kier molecular flexibility index (Phi) is 2.71. The summed E-state index contributed by atoms with van der Waals surface area (Å²) in [7, 11) is -3.59. The van der Waals surface area contributed by atoms with Crippen LogP contribution in [0.15, 0.2) is 12.1 Å². The quantitative estimate of drug-likeness (QED) is 0.751. The van der Waals surface area contributed by atoms with E-state index in [9.17, 15) is 17.2 Å². The largest absolute Gasteiger partial charge is 0.264 e. The molecule has 0 saturated heterocycles. The smallest absolute Gasteiger partial charge is 0.262 e. The second kappa shape index (κ2) is 3.78. The summed E-state index contributed by atoms with van der Waals surface area (Å²) in [5.74, 6) is -1.90. The Hall–Kier alpha value is -1.01. The van der Waals surface area contributed by atoms with E-state index in [1.54, 1.807) is 0 Å². The van der Waals surface area contributed by atoms with Crippen molar-refractivity contribution in [3.63, 3.8) is 0 Å². The normalized spacial score (nSPS) is 19.8. The van der Waals surface area contributed by atoms with Gasteiger partial charge in [-0.25, -0.2) is 8.78 Å². The fourth-order valence-corrected chi connectivity index (χ4v) is 2.49. The van der Waals surface area contributed by atoms with Crippen molar-refractivity contribution in [3.05, 3.63) is 34.9 Å². The van der Waals surface area contributed by atoms with E-state index in [-0.39, 0.29) is 0 Å². The van der Waals surface area contributed by atoms with Gasteiger partial charge < -0.3 is 0 Å². The van der Waals surface area contributed by atoms with Crippen molar-refractivity contribution in [2.45, 2.75) is 18.9 Å². The summed E-state index contributed by atoms with van der Waals surface area (Å²) in [5.41, 5.74) is 1.02. The van der Waals surface area contributed by atoms with E-state index in [4.69, 9.17) is 4.18 Å². The fraction of sp³-hybridized carbons (Fsp3) is 0.400. The molecular formula is C10H10F2O3S. The topological polar surface area (TPSA) is 43.4 Å². The van der Waals surface area contributed by atoms with Crippen LogP contribution in [-0.4, -0.2) is 14.7 Å². The molecule has 0 heterocycles. The molecule has 0 bridgehead atoms. The van der Waals surface area contributed by atoms with Crippen LogP contribution in [0.5, 0.6) is 0 Å². The SMILES string of the molecule is CS(=O)(=O)OC1CCc2cc(F)c(F)cc21. The fourth-order valence-electron chi connectivity index (χ4n) is 1.87. The van der Waals surface area contributed by atoms with Crippen molar-refractivity contribution in [2.75, 3.05) is 6.26 Å². The van der Waals surface area contributed by atoms with Gasteiger partial charge in [0.05, 0.1) is 6.26 Å². The lowest BCUT2D eigenvalue weighted by Gasteiger charge is -2.10. The number of aryl methyl sites for hydroxylation is 1. The highest BCUT2D eigenvalue weighted by atomic mass is 32.2. The third kappa shape index (κ3) is 2.22. The van der Waals surface area contributed by atoms with E-state index in [0.29, 0.717) is 24.0 Å². The number of benzene rings is 1. The van der Waals surface area contributed by atoms with Crippen LogP contribution in [0.2, 0.25) is 0 Å². The summed E-state index contributed by atoms with van der Waals surface area (Å²) in [6.07, 6.45) is 1.16. The first kappa shape index (κ1) is 11.5. The van der Waals surface area contributed by atoms with E-state index in [2.05, 4.69) is 0 Å². The molecule has 0 saturated carbocycles. The molecule has 1 atom stereocenters. The lowest BCUT2D eigenvalue weighted by atomic mass is 10.1. The average molecular weight is 248 g/mol. The molecule has 0 radical (unpaired) electrons. The van der Waals surface area contributed by atoms with Crippen molar-refractivity contribution in [1.82, 2.24) is 0 Å². The Labute approximate surface area is 92.2 Å². The summed E-state index contributed by atoms with van der Waals surface area (Å²) in [6.45, 7) is 0. The minimum atomic E-state index is -3.59. The molecule has 1 unspecified atom stereocenters. The van der Waals surface area contributed by atoms with Crippen LogP contribution in [0.4, 0.5) is 8.78 Å². The predicted octanol–water partition coefficient (Wildman–Crippen LogP) is 1.93. The maximum absolute atomic E-state index is 13.0. The Morgan fingerprint density at radius 2 is 1.94 bits per heavy atom. The van der Waals surface area contributed by atoms with Gasteiger partial charge in [0.15, 0.2) is 11.6 Å². The molecule has 2 rings (SSSR count). The third-order valence-corrected chi connectivity index (χ3v) is 3.08. The van der Waals surface area contributed by atoms with Crippen molar-refractivity contribution in [1.29, 1.82) is 0 Å². The van der Waals surface area contributed by atoms with Gasteiger partial charge in [-0.05, 0) is 36.1 Å². The Morgan fingerprint density at radius 3 is 2.56 bits per heavy atom. The molecule has 0 aliphatic heterocycles. The minimum Gasteiger partial charge on any atom is -0.262 e. The number of hydrogen-bond acceptors (Lipinski definition) is 3. The van der Waals surface area contributed by atoms with Crippen molar-refractivity contribution < 1.29 is 21.4 Å².